The van der Waals surface area contributed by atoms with E-state index in [1.807, 2.05) is 25.1 Å². The molecular weight excluding hydrogens is 360 g/mol. The number of nitrogens with one attached hydrogen (secondary N) is 2. The molecule has 0 spiro atoms. The summed E-state index contributed by atoms with van der Waals surface area (Å²) in [5.74, 6) is -0.214. The first-order valence-electron chi connectivity index (χ1n) is 8.41. The Hall–Kier alpha value is -1.73. The van der Waals surface area contributed by atoms with Crippen LogP contribution in [0.5, 0.6) is 0 Å². The number of unbranched alkanes of at least 4 members (excludes halogenated alkanes) is 1. The molecule has 0 aliphatic carbocycles. The maximum atomic E-state index is 11.9. The monoisotopic (exact) mass is 382 g/mol. The molecule has 0 bridgehead atoms. The first-order valence-corrected chi connectivity index (χ1v) is 9.77. The second kappa shape index (κ2) is 9.68. The Labute approximate surface area is 156 Å². The predicted octanol–water partition coefficient (Wildman–Crippen LogP) is 3.82. The zero-order valence-corrected chi connectivity index (χ0v) is 16.0. The topological polar surface area (TPSA) is 76.0 Å². The highest BCUT2D eigenvalue weighted by atomic mass is 35.5. The highest BCUT2D eigenvalue weighted by Gasteiger charge is 2.14. The van der Waals surface area contributed by atoms with Crippen molar-refractivity contribution in [2.45, 2.75) is 44.8 Å². The summed E-state index contributed by atoms with van der Waals surface area (Å²) in [6.45, 7) is 5.50. The number of urea groups is 1. The zero-order valence-electron chi connectivity index (χ0n) is 14.5. The maximum Gasteiger partial charge on any atom is 0.321 e. The molecule has 0 radical (unpaired) electrons. The van der Waals surface area contributed by atoms with E-state index >= 15 is 0 Å². The fourth-order valence-corrected chi connectivity index (χ4v) is 3.35. The first-order chi connectivity index (χ1) is 12.0. The summed E-state index contributed by atoms with van der Waals surface area (Å²) in [4.78, 5) is 28.1. The number of amides is 3. The number of fused-ring (bicyclic) bond motifs is 1. The summed E-state index contributed by atoms with van der Waals surface area (Å²) in [5.41, 5.74) is 1.80. The van der Waals surface area contributed by atoms with E-state index in [4.69, 9.17) is 11.6 Å². The third kappa shape index (κ3) is 5.64. The Bertz CT molecular complexity index is 748. The lowest BCUT2D eigenvalue weighted by Crippen LogP contribution is -2.40. The van der Waals surface area contributed by atoms with E-state index < -0.39 is 6.03 Å². The molecule has 1 heterocycles. The number of benzene rings is 1. The van der Waals surface area contributed by atoms with Gasteiger partial charge in [0.15, 0.2) is 5.16 Å². The maximum absolute atomic E-state index is 11.9. The quantitative estimate of drug-likeness (QED) is 0.537. The molecule has 3 amide bonds. The Kier molecular flexibility index (Phi) is 7.58. The normalized spacial score (nSPS) is 10.8. The molecular formula is C17H23ClN4O2S. The van der Waals surface area contributed by atoms with Gasteiger partial charge in [-0.15, -0.1) is 0 Å². The average Bonchev–Trinajstić information content (AvgIpc) is 2.90. The van der Waals surface area contributed by atoms with E-state index in [0.29, 0.717) is 11.6 Å². The van der Waals surface area contributed by atoms with Gasteiger partial charge in [0.2, 0.25) is 5.91 Å². The number of carbonyl (C=O) groups is 2. The minimum absolute atomic E-state index is 0.127. The number of aryl methyl sites for hydroxylation is 1. The molecule has 2 rings (SSSR count). The summed E-state index contributed by atoms with van der Waals surface area (Å²) in [6, 6.07) is 5.13. The van der Waals surface area contributed by atoms with Crippen LogP contribution in [0, 0.1) is 0 Å². The minimum atomic E-state index is -0.451. The molecule has 0 aliphatic heterocycles. The largest absolute Gasteiger partial charge is 0.338 e. The molecule has 0 aliphatic rings. The van der Waals surface area contributed by atoms with Gasteiger partial charge >= 0.3 is 6.03 Å². The van der Waals surface area contributed by atoms with Crippen LogP contribution < -0.4 is 10.6 Å². The van der Waals surface area contributed by atoms with Gasteiger partial charge in [-0.25, -0.2) is 9.78 Å². The van der Waals surface area contributed by atoms with Crippen molar-refractivity contribution in [1.82, 2.24) is 20.2 Å². The molecule has 0 atom stereocenters. The summed E-state index contributed by atoms with van der Waals surface area (Å²) in [7, 11) is 0. The van der Waals surface area contributed by atoms with Gasteiger partial charge < -0.3 is 9.88 Å². The smallest absolute Gasteiger partial charge is 0.321 e. The number of rotatable bonds is 8. The van der Waals surface area contributed by atoms with Crippen molar-refractivity contribution in [1.29, 1.82) is 0 Å². The lowest BCUT2D eigenvalue weighted by atomic mass is 10.3. The van der Waals surface area contributed by atoms with Crippen LogP contribution in [0.1, 0.15) is 33.1 Å². The highest BCUT2D eigenvalue weighted by molar-refractivity contribution is 7.99. The standard InChI is InChI=1S/C17H23ClN4O2S/c1-3-5-8-19-16(24)21-15(23)11-25-17-20-13-10-12(18)6-7-14(13)22(17)9-4-2/h6-7,10H,3-5,8-9,11H2,1-2H3,(H2,19,21,23,24). The number of thioether (sulfide) groups is 1. The highest BCUT2D eigenvalue weighted by Crippen LogP contribution is 2.26. The van der Waals surface area contributed by atoms with Crippen LogP contribution in [0.25, 0.3) is 11.0 Å². The first kappa shape index (κ1) is 19.6. The van der Waals surface area contributed by atoms with Gasteiger partial charge in [0.1, 0.15) is 0 Å². The molecule has 25 heavy (non-hydrogen) atoms. The Morgan fingerprint density at radius 1 is 1.28 bits per heavy atom. The SMILES string of the molecule is CCCCNC(=O)NC(=O)CSc1nc2cc(Cl)ccc2n1CCC. The fraction of sp³-hybridized carbons (Fsp3) is 0.471. The van der Waals surface area contributed by atoms with Crippen LogP contribution in [0.3, 0.4) is 0 Å². The molecule has 0 saturated carbocycles. The van der Waals surface area contributed by atoms with Crippen LogP contribution in [-0.2, 0) is 11.3 Å². The van der Waals surface area contributed by atoms with E-state index in [1.54, 1.807) is 0 Å². The third-order valence-corrected chi connectivity index (χ3v) is 4.74. The van der Waals surface area contributed by atoms with Gasteiger partial charge in [-0.05, 0) is 31.0 Å². The van der Waals surface area contributed by atoms with Gasteiger partial charge in [0.05, 0.1) is 16.8 Å². The second-order valence-corrected chi connectivity index (χ2v) is 7.00. The molecule has 8 heteroatoms. The van der Waals surface area contributed by atoms with Crippen LogP contribution >= 0.6 is 23.4 Å². The number of nitrogens with zero attached hydrogens (tertiary/aromatic N) is 2. The van der Waals surface area contributed by atoms with Gasteiger partial charge in [0, 0.05) is 18.1 Å². The van der Waals surface area contributed by atoms with E-state index in [2.05, 4.69) is 27.1 Å². The molecule has 0 saturated heterocycles. The Morgan fingerprint density at radius 3 is 2.80 bits per heavy atom. The van der Waals surface area contributed by atoms with Crippen molar-refractivity contribution >= 4 is 46.3 Å². The van der Waals surface area contributed by atoms with Crippen molar-refractivity contribution in [3.63, 3.8) is 0 Å². The number of carbonyl (C=O) groups excluding carboxylic acids is 2. The second-order valence-electron chi connectivity index (χ2n) is 5.63. The van der Waals surface area contributed by atoms with Gasteiger partial charge in [-0.3, -0.25) is 10.1 Å². The number of hydrogen-bond donors (Lipinski definition) is 2. The lowest BCUT2D eigenvalue weighted by Gasteiger charge is -2.08. The lowest BCUT2D eigenvalue weighted by molar-refractivity contribution is -0.117. The summed E-state index contributed by atoms with van der Waals surface area (Å²) < 4.78 is 2.07. The van der Waals surface area contributed by atoms with Crippen molar-refractivity contribution in [2.24, 2.45) is 0 Å². The molecule has 2 N–H and O–H groups in total. The van der Waals surface area contributed by atoms with E-state index in [1.165, 1.54) is 11.8 Å². The van der Waals surface area contributed by atoms with Crippen LogP contribution in [-0.4, -0.2) is 33.8 Å². The van der Waals surface area contributed by atoms with Gasteiger partial charge in [-0.1, -0.05) is 43.6 Å². The number of halogens is 1. The van der Waals surface area contributed by atoms with Crippen LogP contribution in [0.4, 0.5) is 4.79 Å². The Morgan fingerprint density at radius 2 is 2.08 bits per heavy atom. The van der Waals surface area contributed by atoms with Crippen molar-refractivity contribution in [3.8, 4) is 0 Å². The number of imidazole rings is 1. The number of hydrogen-bond acceptors (Lipinski definition) is 4. The molecule has 1 aromatic carbocycles. The van der Waals surface area contributed by atoms with Crippen LogP contribution in [0.15, 0.2) is 23.4 Å². The summed E-state index contributed by atoms with van der Waals surface area (Å²) in [6.07, 6.45) is 2.83. The molecule has 0 fully saturated rings. The Balaban J connectivity index is 1.98. The predicted molar refractivity (Wildman–Crippen MR) is 102 cm³/mol. The van der Waals surface area contributed by atoms with E-state index in [0.717, 1.165) is 42.0 Å². The van der Waals surface area contributed by atoms with E-state index in [9.17, 15) is 9.59 Å². The molecule has 1 aromatic heterocycles. The number of imide groups is 1. The molecule has 2 aromatic rings. The summed E-state index contributed by atoms with van der Waals surface area (Å²) in [5, 5.41) is 6.37. The van der Waals surface area contributed by atoms with E-state index in [-0.39, 0.29) is 11.7 Å². The fourth-order valence-electron chi connectivity index (χ4n) is 2.35. The van der Waals surface area contributed by atoms with Gasteiger partial charge in [-0.2, -0.15) is 0 Å². The van der Waals surface area contributed by atoms with Gasteiger partial charge in [0.25, 0.3) is 0 Å². The zero-order chi connectivity index (χ0) is 18.2. The molecule has 136 valence electrons. The molecule has 6 nitrogen and oxygen atoms in total. The van der Waals surface area contributed by atoms with Crippen molar-refractivity contribution in [2.75, 3.05) is 12.3 Å². The van der Waals surface area contributed by atoms with Crippen molar-refractivity contribution < 1.29 is 9.59 Å². The third-order valence-electron chi connectivity index (χ3n) is 3.52. The molecule has 0 unspecified atom stereocenters. The van der Waals surface area contributed by atoms with Crippen molar-refractivity contribution in [3.05, 3.63) is 23.2 Å². The van der Waals surface area contributed by atoms with Crippen LogP contribution in [0.2, 0.25) is 5.02 Å². The number of aromatic nitrogens is 2. The average molecular weight is 383 g/mol. The minimum Gasteiger partial charge on any atom is -0.338 e. The summed E-state index contributed by atoms with van der Waals surface area (Å²) >= 11 is 7.34.